The summed E-state index contributed by atoms with van der Waals surface area (Å²) >= 11 is 0. The van der Waals surface area contributed by atoms with Gasteiger partial charge >= 0.3 is 0 Å². The van der Waals surface area contributed by atoms with E-state index < -0.39 is 0 Å². The third-order valence-corrected chi connectivity index (χ3v) is 3.93. The Bertz CT molecular complexity index is 413. The second-order valence-electron chi connectivity index (χ2n) is 5.24. The number of likely N-dealkylation sites (tertiary alicyclic amines) is 1. The van der Waals surface area contributed by atoms with E-state index in [-0.39, 0.29) is 11.8 Å². The molecule has 0 aromatic heterocycles. The van der Waals surface area contributed by atoms with Crippen molar-refractivity contribution < 1.29 is 4.79 Å². The van der Waals surface area contributed by atoms with Crippen molar-refractivity contribution >= 4 is 11.5 Å². The summed E-state index contributed by atoms with van der Waals surface area (Å²) in [6.07, 6.45) is 3.67. The highest BCUT2D eigenvalue weighted by atomic mass is 16.1. The summed E-state index contributed by atoms with van der Waals surface area (Å²) in [6, 6.07) is 7.69. The van der Waals surface area contributed by atoms with Crippen LogP contribution >= 0.6 is 0 Å². The molecule has 3 heteroatoms. The lowest BCUT2D eigenvalue weighted by Crippen LogP contribution is -2.47. The van der Waals surface area contributed by atoms with Crippen molar-refractivity contribution in [2.75, 3.05) is 12.3 Å². The van der Waals surface area contributed by atoms with Crippen molar-refractivity contribution in [3.63, 3.8) is 0 Å². The minimum atomic E-state index is -0.0380. The van der Waals surface area contributed by atoms with Crippen LogP contribution in [-0.2, 0) is 0 Å². The van der Waals surface area contributed by atoms with Crippen LogP contribution in [0.3, 0.4) is 0 Å². The van der Waals surface area contributed by atoms with Gasteiger partial charge in [0.1, 0.15) is 0 Å². The van der Waals surface area contributed by atoms with Crippen molar-refractivity contribution in [3.05, 3.63) is 29.8 Å². The topological polar surface area (TPSA) is 46.3 Å². The van der Waals surface area contributed by atoms with Crippen LogP contribution in [0.4, 0.5) is 5.69 Å². The van der Waals surface area contributed by atoms with Crippen LogP contribution in [0.5, 0.6) is 0 Å². The maximum atomic E-state index is 12.4. The molecule has 0 spiro atoms. The quantitative estimate of drug-likeness (QED) is 0.659. The van der Waals surface area contributed by atoms with Crippen molar-refractivity contribution in [3.8, 4) is 0 Å². The number of rotatable bonds is 3. The Labute approximate surface area is 109 Å². The molecule has 3 nitrogen and oxygen atoms in total. The number of carbonyl (C=O) groups excluding carboxylic acids is 1. The van der Waals surface area contributed by atoms with Crippen molar-refractivity contribution in [2.45, 2.75) is 45.2 Å². The van der Waals surface area contributed by atoms with Crippen LogP contribution in [0.25, 0.3) is 0 Å². The number of nitrogens with zero attached hydrogens (tertiary/aromatic N) is 1. The summed E-state index contributed by atoms with van der Waals surface area (Å²) in [4.78, 5) is 14.7. The highest BCUT2D eigenvalue weighted by molar-refractivity contribution is 6.00. The largest absolute Gasteiger partial charge is 0.399 e. The molecular weight excluding hydrogens is 224 g/mol. The van der Waals surface area contributed by atoms with Gasteiger partial charge in [0.05, 0.1) is 6.04 Å². The van der Waals surface area contributed by atoms with Gasteiger partial charge in [0.2, 0.25) is 0 Å². The fourth-order valence-corrected chi connectivity index (χ4v) is 2.73. The Morgan fingerprint density at radius 3 is 2.61 bits per heavy atom. The summed E-state index contributed by atoms with van der Waals surface area (Å²) in [5.41, 5.74) is 7.10. The van der Waals surface area contributed by atoms with Crippen molar-refractivity contribution in [1.82, 2.24) is 4.90 Å². The van der Waals surface area contributed by atoms with Gasteiger partial charge in [-0.3, -0.25) is 9.69 Å². The monoisotopic (exact) mass is 246 g/mol. The van der Waals surface area contributed by atoms with Crippen LogP contribution in [0.15, 0.2) is 24.3 Å². The molecule has 1 aromatic rings. The molecule has 0 radical (unpaired) electrons. The van der Waals surface area contributed by atoms with E-state index in [1.807, 2.05) is 19.1 Å². The molecule has 2 atom stereocenters. The van der Waals surface area contributed by atoms with Gasteiger partial charge in [-0.25, -0.2) is 0 Å². The lowest BCUT2D eigenvalue weighted by atomic mass is 9.97. The zero-order valence-electron chi connectivity index (χ0n) is 11.2. The van der Waals surface area contributed by atoms with Crippen LogP contribution in [0, 0.1) is 0 Å². The number of nitrogens with two attached hydrogens (primary N) is 1. The highest BCUT2D eigenvalue weighted by Gasteiger charge is 2.28. The van der Waals surface area contributed by atoms with E-state index in [1.54, 1.807) is 12.1 Å². The van der Waals surface area contributed by atoms with Gasteiger partial charge in [0.15, 0.2) is 5.78 Å². The summed E-state index contributed by atoms with van der Waals surface area (Å²) in [7, 11) is 0. The van der Waals surface area contributed by atoms with Gasteiger partial charge in [0, 0.05) is 17.3 Å². The van der Waals surface area contributed by atoms with Crippen LogP contribution in [0.2, 0.25) is 0 Å². The normalized spacial score (nSPS) is 22.7. The summed E-state index contributed by atoms with van der Waals surface area (Å²) in [5.74, 6) is 0.198. The molecule has 0 saturated carbocycles. The molecule has 2 N–H and O–H groups in total. The molecule has 2 unspecified atom stereocenters. The van der Waals surface area contributed by atoms with Gasteiger partial charge in [-0.15, -0.1) is 0 Å². The van der Waals surface area contributed by atoms with E-state index in [4.69, 9.17) is 5.73 Å². The lowest BCUT2D eigenvalue weighted by Gasteiger charge is -2.37. The number of anilines is 1. The van der Waals surface area contributed by atoms with Crippen molar-refractivity contribution in [2.24, 2.45) is 0 Å². The Hall–Kier alpha value is -1.35. The summed E-state index contributed by atoms with van der Waals surface area (Å²) in [6.45, 7) is 5.26. The molecule has 0 aliphatic carbocycles. The number of benzene rings is 1. The molecule has 1 aliphatic heterocycles. The number of piperidine rings is 1. The van der Waals surface area contributed by atoms with Crippen LogP contribution < -0.4 is 5.73 Å². The predicted octanol–water partition coefficient (Wildman–Crippen LogP) is 2.71. The molecule has 1 fully saturated rings. The van der Waals surface area contributed by atoms with E-state index in [0.29, 0.717) is 11.7 Å². The molecule has 0 amide bonds. The SMILES string of the molecule is CC1CCCCN1C(C)C(=O)c1ccc(N)cc1. The standard InChI is InChI=1S/C15H22N2O/c1-11-5-3-4-10-17(11)12(2)15(18)13-6-8-14(16)9-7-13/h6-9,11-12H,3-5,10,16H2,1-2H3. The zero-order chi connectivity index (χ0) is 13.1. The second kappa shape index (κ2) is 5.53. The third kappa shape index (κ3) is 2.72. The first-order valence-electron chi connectivity index (χ1n) is 6.75. The lowest BCUT2D eigenvalue weighted by molar-refractivity contribution is 0.0701. The molecule has 1 aliphatic rings. The third-order valence-electron chi connectivity index (χ3n) is 3.93. The van der Waals surface area contributed by atoms with Gasteiger partial charge in [0.25, 0.3) is 0 Å². The summed E-state index contributed by atoms with van der Waals surface area (Å²) in [5, 5.41) is 0. The molecule has 1 heterocycles. The van der Waals surface area contributed by atoms with Gasteiger partial charge in [-0.2, -0.15) is 0 Å². The Morgan fingerprint density at radius 2 is 2.00 bits per heavy atom. The van der Waals surface area contributed by atoms with E-state index >= 15 is 0 Å². The molecule has 98 valence electrons. The summed E-state index contributed by atoms with van der Waals surface area (Å²) < 4.78 is 0. The predicted molar refractivity (Wildman–Crippen MR) is 74.7 cm³/mol. The molecule has 2 rings (SSSR count). The molecular formula is C15H22N2O. The molecule has 1 saturated heterocycles. The number of ketones is 1. The number of carbonyl (C=O) groups is 1. The first-order chi connectivity index (χ1) is 8.59. The maximum Gasteiger partial charge on any atom is 0.179 e. The Kier molecular flexibility index (Phi) is 4.02. The van der Waals surface area contributed by atoms with Crippen molar-refractivity contribution in [1.29, 1.82) is 0 Å². The highest BCUT2D eigenvalue weighted by Crippen LogP contribution is 2.21. The maximum absolute atomic E-state index is 12.4. The fourth-order valence-electron chi connectivity index (χ4n) is 2.73. The van der Waals surface area contributed by atoms with Gasteiger partial charge in [-0.05, 0) is 57.5 Å². The Morgan fingerprint density at radius 1 is 1.33 bits per heavy atom. The average Bonchev–Trinajstić information content (AvgIpc) is 2.38. The smallest absolute Gasteiger partial charge is 0.179 e. The van der Waals surface area contributed by atoms with Crippen LogP contribution in [0.1, 0.15) is 43.5 Å². The number of hydrogen-bond donors (Lipinski definition) is 1. The van der Waals surface area contributed by atoms with Gasteiger partial charge < -0.3 is 5.73 Å². The fraction of sp³-hybridized carbons (Fsp3) is 0.533. The first kappa shape index (κ1) is 13.1. The number of Topliss-reactive ketones (excluding diaryl/α,β-unsaturated/α-hetero) is 1. The first-order valence-corrected chi connectivity index (χ1v) is 6.75. The zero-order valence-corrected chi connectivity index (χ0v) is 11.2. The van der Waals surface area contributed by atoms with Gasteiger partial charge in [-0.1, -0.05) is 6.42 Å². The molecule has 1 aromatic carbocycles. The molecule has 0 bridgehead atoms. The minimum Gasteiger partial charge on any atom is -0.399 e. The average molecular weight is 246 g/mol. The number of hydrogen-bond acceptors (Lipinski definition) is 3. The van der Waals surface area contributed by atoms with E-state index in [0.717, 1.165) is 12.1 Å². The van der Waals surface area contributed by atoms with E-state index in [1.165, 1.54) is 19.3 Å². The molecule has 18 heavy (non-hydrogen) atoms. The second-order valence-corrected chi connectivity index (χ2v) is 5.24. The number of nitrogen functional groups attached to an aromatic ring is 1. The minimum absolute atomic E-state index is 0.0380. The van der Waals surface area contributed by atoms with Crippen LogP contribution in [-0.4, -0.2) is 29.3 Å². The van der Waals surface area contributed by atoms with E-state index in [2.05, 4.69) is 11.8 Å². The van der Waals surface area contributed by atoms with E-state index in [9.17, 15) is 4.79 Å². The Balaban J connectivity index is 2.10.